The van der Waals surface area contributed by atoms with Crippen molar-refractivity contribution in [2.75, 3.05) is 13.7 Å². The summed E-state index contributed by atoms with van der Waals surface area (Å²) in [6, 6.07) is 10.6. The van der Waals surface area contributed by atoms with Crippen molar-refractivity contribution in [3.8, 4) is 0 Å². The highest BCUT2D eigenvalue weighted by atomic mass is 19.1. The lowest BCUT2D eigenvalue weighted by molar-refractivity contribution is -0.171. The van der Waals surface area contributed by atoms with Gasteiger partial charge in [-0.1, -0.05) is 44.0 Å². The van der Waals surface area contributed by atoms with Crippen LogP contribution in [0.25, 0.3) is 0 Å². The average molecular weight is 378 g/mol. The van der Waals surface area contributed by atoms with Crippen LogP contribution in [-0.2, 0) is 19.9 Å². The van der Waals surface area contributed by atoms with E-state index < -0.39 is 29.3 Å². The van der Waals surface area contributed by atoms with Gasteiger partial charge < -0.3 is 14.6 Å². The molecule has 0 amide bonds. The number of benzene rings is 2. The normalized spacial score (nSPS) is 12.6. The van der Waals surface area contributed by atoms with Crippen LogP contribution in [0, 0.1) is 11.6 Å². The smallest absolute Gasteiger partial charge is 0.338 e. The van der Waals surface area contributed by atoms with E-state index >= 15 is 0 Å². The van der Waals surface area contributed by atoms with Crippen LogP contribution in [0.3, 0.4) is 0 Å². The van der Waals surface area contributed by atoms with Gasteiger partial charge in [0.1, 0.15) is 11.6 Å². The molecule has 2 rings (SSSR count). The number of rotatable bonds is 9. The van der Waals surface area contributed by atoms with Gasteiger partial charge in [0.05, 0.1) is 7.11 Å². The molecule has 0 aliphatic rings. The van der Waals surface area contributed by atoms with Crippen LogP contribution in [0.1, 0.15) is 37.3 Å². The number of esters is 1. The third-order valence-corrected chi connectivity index (χ3v) is 4.43. The summed E-state index contributed by atoms with van der Waals surface area (Å²) in [6.45, 7) is 2.28. The van der Waals surface area contributed by atoms with Gasteiger partial charge in [0.25, 0.3) is 0 Å². The summed E-state index contributed by atoms with van der Waals surface area (Å²) in [6.07, 6.45) is 0.842. The molecule has 0 aromatic heterocycles. The van der Waals surface area contributed by atoms with Crippen molar-refractivity contribution in [3.05, 3.63) is 71.3 Å². The molecule has 1 N–H and O–H groups in total. The lowest BCUT2D eigenvalue weighted by Gasteiger charge is -2.37. The third-order valence-electron chi connectivity index (χ3n) is 4.43. The number of halogens is 2. The molecule has 4 nitrogen and oxygen atoms in total. The second kappa shape index (κ2) is 9.58. The fourth-order valence-corrected chi connectivity index (χ4v) is 2.99. The number of unbranched alkanes of at least 4 members (excludes halogenated alkanes) is 2. The van der Waals surface area contributed by atoms with Crippen LogP contribution in [-0.4, -0.2) is 30.9 Å². The maximum absolute atomic E-state index is 13.5. The molecule has 6 heteroatoms. The minimum atomic E-state index is -1.72. The summed E-state index contributed by atoms with van der Waals surface area (Å²) in [5.74, 6) is -1.84. The van der Waals surface area contributed by atoms with E-state index in [4.69, 9.17) is 9.47 Å². The Kier molecular flexibility index (Phi) is 7.45. The van der Waals surface area contributed by atoms with Crippen LogP contribution >= 0.6 is 0 Å². The van der Waals surface area contributed by atoms with Crippen molar-refractivity contribution in [1.82, 2.24) is 0 Å². The number of aliphatic hydroxyl groups is 1. The quantitative estimate of drug-likeness (QED) is 0.530. The summed E-state index contributed by atoms with van der Waals surface area (Å²) in [5, 5.41) is 10.8. The predicted molar refractivity (Wildman–Crippen MR) is 97.1 cm³/mol. The molecule has 27 heavy (non-hydrogen) atoms. The third kappa shape index (κ3) is 4.70. The van der Waals surface area contributed by atoms with Crippen LogP contribution in [0.5, 0.6) is 0 Å². The topological polar surface area (TPSA) is 55.8 Å². The summed E-state index contributed by atoms with van der Waals surface area (Å²) >= 11 is 0. The minimum Gasteiger partial charge on any atom is -0.467 e. The Balaban J connectivity index is 2.60. The highest BCUT2D eigenvalue weighted by Crippen LogP contribution is 2.38. The molecule has 1 atom stereocenters. The maximum atomic E-state index is 13.5. The first-order chi connectivity index (χ1) is 13.0. The molecule has 0 fully saturated rings. The highest BCUT2D eigenvalue weighted by Gasteiger charge is 2.47. The van der Waals surface area contributed by atoms with E-state index in [1.165, 1.54) is 48.5 Å². The van der Waals surface area contributed by atoms with Gasteiger partial charge in [-0.25, -0.2) is 13.6 Å². The zero-order valence-corrected chi connectivity index (χ0v) is 15.5. The summed E-state index contributed by atoms with van der Waals surface area (Å²) in [7, 11) is 1.16. The lowest BCUT2D eigenvalue weighted by atomic mass is 9.81. The van der Waals surface area contributed by atoms with Gasteiger partial charge in [-0.3, -0.25) is 0 Å². The number of hydrogen-bond acceptors (Lipinski definition) is 4. The zero-order chi connectivity index (χ0) is 19.9. The fourth-order valence-electron chi connectivity index (χ4n) is 2.99. The summed E-state index contributed by atoms with van der Waals surface area (Å²) in [4.78, 5) is 12.2. The van der Waals surface area contributed by atoms with Gasteiger partial charge >= 0.3 is 5.97 Å². The Morgan fingerprint density at radius 3 is 1.89 bits per heavy atom. The van der Waals surface area contributed by atoms with E-state index in [-0.39, 0.29) is 6.61 Å². The van der Waals surface area contributed by atoms with E-state index in [2.05, 4.69) is 0 Å². The molecule has 0 aliphatic heterocycles. The predicted octanol–water partition coefficient (Wildman–Crippen LogP) is 3.95. The molecule has 0 aliphatic carbocycles. The van der Waals surface area contributed by atoms with Crippen LogP contribution in [0.2, 0.25) is 0 Å². The molecule has 0 unspecified atom stereocenters. The first kappa shape index (κ1) is 21.0. The molecule has 0 spiro atoms. The molecular formula is C21H24F2O4. The first-order valence-corrected chi connectivity index (χ1v) is 8.87. The lowest BCUT2D eigenvalue weighted by Crippen LogP contribution is -2.48. The molecule has 2 aromatic rings. The van der Waals surface area contributed by atoms with Gasteiger partial charge in [0.15, 0.2) is 11.7 Å². The Morgan fingerprint density at radius 1 is 1.00 bits per heavy atom. The molecule has 146 valence electrons. The monoisotopic (exact) mass is 378 g/mol. The van der Waals surface area contributed by atoms with E-state index in [1.54, 1.807) is 0 Å². The van der Waals surface area contributed by atoms with Crippen LogP contribution in [0.4, 0.5) is 8.78 Å². The molecule has 0 saturated heterocycles. The van der Waals surface area contributed by atoms with Crippen molar-refractivity contribution in [2.24, 2.45) is 0 Å². The van der Waals surface area contributed by atoms with Crippen molar-refractivity contribution in [2.45, 2.75) is 37.9 Å². The number of carbonyl (C=O) groups is 1. The molecule has 2 aromatic carbocycles. The van der Waals surface area contributed by atoms with E-state index in [1.807, 2.05) is 6.92 Å². The first-order valence-electron chi connectivity index (χ1n) is 8.87. The number of aliphatic hydroxyl groups excluding tert-OH is 1. The van der Waals surface area contributed by atoms with Crippen molar-refractivity contribution in [1.29, 1.82) is 0 Å². The molecular weight excluding hydrogens is 354 g/mol. The van der Waals surface area contributed by atoms with Crippen molar-refractivity contribution < 1.29 is 28.2 Å². The van der Waals surface area contributed by atoms with Gasteiger partial charge in [0, 0.05) is 6.61 Å². The summed E-state index contributed by atoms with van der Waals surface area (Å²) in [5.41, 5.74) is -0.919. The number of ether oxygens (including phenoxy) is 2. The Labute approximate surface area is 157 Å². The van der Waals surface area contributed by atoms with Crippen LogP contribution in [0.15, 0.2) is 48.5 Å². The van der Waals surface area contributed by atoms with E-state index in [0.29, 0.717) is 17.5 Å². The zero-order valence-electron chi connectivity index (χ0n) is 15.5. The van der Waals surface area contributed by atoms with Gasteiger partial charge in [-0.15, -0.1) is 0 Å². The molecule has 0 bridgehead atoms. The van der Waals surface area contributed by atoms with E-state index in [0.717, 1.165) is 20.0 Å². The largest absolute Gasteiger partial charge is 0.467 e. The van der Waals surface area contributed by atoms with Gasteiger partial charge in [-0.05, 0) is 41.8 Å². The molecule has 0 saturated carbocycles. The fraction of sp³-hybridized carbons (Fsp3) is 0.381. The maximum Gasteiger partial charge on any atom is 0.338 e. The summed E-state index contributed by atoms with van der Waals surface area (Å²) < 4.78 is 37.7. The Hall–Kier alpha value is -2.31. The second-order valence-electron chi connectivity index (χ2n) is 6.23. The van der Waals surface area contributed by atoms with E-state index in [9.17, 15) is 18.7 Å². The molecule has 0 radical (unpaired) electrons. The SMILES string of the molecule is CCCCCOC(c1ccc(F)cc1)(c1ccc(F)cc1)[C@@H](O)C(=O)OC. The van der Waals surface area contributed by atoms with Gasteiger partial charge in [-0.2, -0.15) is 0 Å². The Bertz CT molecular complexity index is 683. The number of carbonyl (C=O) groups excluding carboxylic acids is 1. The van der Waals surface area contributed by atoms with Crippen molar-refractivity contribution in [3.63, 3.8) is 0 Å². The Morgan fingerprint density at radius 2 is 1.48 bits per heavy atom. The molecule has 0 heterocycles. The average Bonchev–Trinajstić information content (AvgIpc) is 2.69. The van der Waals surface area contributed by atoms with Crippen molar-refractivity contribution >= 4 is 5.97 Å². The number of methoxy groups -OCH3 is 1. The highest BCUT2D eigenvalue weighted by molar-refractivity contribution is 5.77. The standard InChI is InChI=1S/C21H24F2O4/c1-3-4-5-14-27-21(19(24)20(25)26-2,15-6-10-17(22)11-7-15)16-8-12-18(23)13-9-16/h6-13,19,24H,3-5,14H2,1-2H3/t19-/m0/s1. The minimum absolute atomic E-state index is 0.247. The van der Waals surface area contributed by atoms with Gasteiger partial charge in [0.2, 0.25) is 0 Å². The van der Waals surface area contributed by atoms with Crippen LogP contribution < -0.4 is 0 Å². The second-order valence-corrected chi connectivity index (χ2v) is 6.23. The number of hydrogen-bond donors (Lipinski definition) is 1.